The minimum absolute atomic E-state index is 0.00737. The summed E-state index contributed by atoms with van der Waals surface area (Å²) in [5.41, 5.74) is 1.83. The maximum atomic E-state index is 12.2. The zero-order chi connectivity index (χ0) is 20.1. The molecule has 0 radical (unpaired) electrons. The Labute approximate surface area is 166 Å². The number of hydrogen-bond donors (Lipinski definition) is 1. The van der Waals surface area contributed by atoms with Gasteiger partial charge in [-0.25, -0.2) is 4.98 Å². The number of nitrogens with one attached hydrogen (secondary N) is 1. The lowest BCUT2D eigenvalue weighted by Gasteiger charge is -2.35. The van der Waals surface area contributed by atoms with Gasteiger partial charge in [0.1, 0.15) is 0 Å². The number of anilines is 1. The number of H-pyrrole nitrogens is 1. The average Bonchev–Trinajstić information content (AvgIpc) is 2.67. The van der Waals surface area contributed by atoms with E-state index in [1.807, 2.05) is 48.9 Å². The van der Waals surface area contributed by atoms with E-state index in [-0.39, 0.29) is 17.4 Å². The van der Waals surface area contributed by atoms with Gasteiger partial charge in [0, 0.05) is 51.3 Å². The SMILES string of the molecule is CC(C)C(=O)N1CCN(c2nc(CN(C)Cc3ccccc3)cc(=O)[nH]2)CC1. The first-order chi connectivity index (χ1) is 13.4. The molecule has 150 valence electrons. The highest BCUT2D eigenvalue weighted by molar-refractivity contribution is 5.78. The minimum atomic E-state index is -0.145. The van der Waals surface area contributed by atoms with Crippen molar-refractivity contribution in [2.24, 2.45) is 5.92 Å². The quantitative estimate of drug-likeness (QED) is 0.822. The molecule has 1 N–H and O–H groups in total. The van der Waals surface area contributed by atoms with Gasteiger partial charge in [-0.15, -0.1) is 0 Å². The van der Waals surface area contributed by atoms with Crippen LogP contribution in [0.1, 0.15) is 25.1 Å². The predicted octanol–water partition coefficient (Wildman–Crippen LogP) is 1.71. The van der Waals surface area contributed by atoms with Crippen LogP contribution in [0.15, 0.2) is 41.2 Å². The molecule has 1 aliphatic heterocycles. The molecule has 28 heavy (non-hydrogen) atoms. The number of amides is 1. The lowest BCUT2D eigenvalue weighted by atomic mass is 10.1. The van der Waals surface area contributed by atoms with E-state index in [2.05, 4.69) is 27.0 Å². The molecule has 1 aromatic carbocycles. The van der Waals surface area contributed by atoms with Crippen LogP contribution in [0.2, 0.25) is 0 Å². The van der Waals surface area contributed by atoms with Gasteiger partial charge in [-0.2, -0.15) is 0 Å². The first-order valence-corrected chi connectivity index (χ1v) is 9.79. The summed E-state index contributed by atoms with van der Waals surface area (Å²) in [5, 5.41) is 0. The van der Waals surface area contributed by atoms with Crippen molar-refractivity contribution in [1.29, 1.82) is 0 Å². The Morgan fingerprint density at radius 1 is 1.14 bits per heavy atom. The van der Waals surface area contributed by atoms with Crippen molar-refractivity contribution in [3.63, 3.8) is 0 Å². The number of aromatic amines is 1. The van der Waals surface area contributed by atoms with E-state index in [0.29, 0.717) is 38.7 Å². The molecule has 7 heteroatoms. The van der Waals surface area contributed by atoms with Gasteiger partial charge in [-0.1, -0.05) is 44.2 Å². The van der Waals surface area contributed by atoms with Gasteiger partial charge in [0.05, 0.1) is 5.69 Å². The average molecular weight is 383 g/mol. The second-order valence-electron chi connectivity index (χ2n) is 7.69. The lowest BCUT2D eigenvalue weighted by Crippen LogP contribution is -2.50. The van der Waals surface area contributed by atoms with Crippen LogP contribution in [0, 0.1) is 5.92 Å². The summed E-state index contributed by atoms with van der Waals surface area (Å²) < 4.78 is 0. The third kappa shape index (κ3) is 5.19. The number of rotatable bonds is 6. The van der Waals surface area contributed by atoms with E-state index in [4.69, 9.17) is 0 Å². The Hall–Kier alpha value is -2.67. The van der Waals surface area contributed by atoms with Crippen LogP contribution >= 0.6 is 0 Å². The summed E-state index contributed by atoms with van der Waals surface area (Å²) >= 11 is 0. The fourth-order valence-corrected chi connectivity index (χ4v) is 3.46. The van der Waals surface area contributed by atoms with E-state index in [0.717, 1.165) is 12.2 Å². The van der Waals surface area contributed by atoms with Crippen molar-refractivity contribution in [1.82, 2.24) is 19.8 Å². The molecule has 1 saturated heterocycles. The van der Waals surface area contributed by atoms with Gasteiger partial charge in [-0.05, 0) is 12.6 Å². The Bertz CT molecular complexity index is 841. The number of aromatic nitrogens is 2. The van der Waals surface area contributed by atoms with Gasteiger partial charge < -0.3 is 9.80 Å². The number of piperazine rings is 1. The van der Waals surface area contributed by atoms with E-state index in [1.165, 1.54) is 5.56 Å². The fourth-order valence-electron chi connectivity index (χ4n) is 3.46. The number of hydrogen-bond acceptors (Lipinski definition) is 5. The molecule has 1 aliphatic rings. The van der Waals surface area contributed by atoms with Crippen molar-refractivity contribution in [2.45, 2.75) is 26.9 Å². The molecule has 1 fully saturated rings. The predicted molar refractivity (Wildman–Crippen MR) is 110 cm³/mol. The number of nitrogens with zero attached hydrogens (tertiary/aromatic N) is 4. The summed E-state index contributed by atoms with van der Waals surface area (Å²) in [6, 6.07) is 11.8. The van der Waals surface area contributed by atoms with Crippen molar-refractivity contribution >= 4 is 11.9 Å². The number of carbonyl (C=O) groups is 1. The van der Waals surface area contributed by atoms with Crippen LogP contribution in [-0.4, -0.2) is 58.9 Å². The first-order valence-electron chi connectivity index (χ1n) is 9.79. The van der Waals surface area contributed by atoms with E-state index < -0.39 is 0 Å². The highest BCUT2D eigenvalue weighted by Crippen LogP contribution is 2.13. The summed E-state index contributed by atoms with van der Waals surface area (Å²) in [4.78, 5) is 37.9. The lowest BCUT2D eigenvalue weighted by molar-refractivity contribution is -0.134. The van der Waals surface area contributed by atoms with Gasteiger partial charge in [0.25, 0.3) is 5.56 Å². The van der Waals surface area contributed by atoms with Crippen LogP contribution in [-0.2, 0) is 17.9 Å². The van der Waals surface area contributed by atoms with Gasteiger partial charge in [-0.3, -0.25) is 19.5 Å². The summed E-state index contributed by atoms with van der Waals surface area (Å²) in [6.07, 6.45) is 0. The normalized spacial score (nSPS) is 14.8. The van der Waals surface area contributed by atoms with Gasteiger partial charge in [0.15, 0.2) is 0 Å². The Morgan fingerprint density at radius 3 is 2.46 bits per heavy atom. The molecule has 1 amide bonds. The maximum absolute atomic E-state index is 12.2. The maximum Gasteiger partial charge on any atom is 0.252 e. The Kier molecular flexibility index (Phi) is 6.46. The standard InChI is InChI=1S/C21H29N5O2/c1-16(2)20(28)25-9-11-26(12-10-25)21-22-18(13-19(27)23-21)15-24(3)14-17-7-5-4-6-8-17/h4-8,13,16H,9-12,14-15H2,1-3H3,(H,22,23,27). The highest BCUT2D eigenvalue weighted by atomic mass is 16.2. The van der Waals surface area contributed by atoms with Crippen LogP contribution in [0.3, 0.4) is 0 Å². The molecule has 1 aromatic heterocycles. The molecule has 3 rings (SSSR count). The fraction of sp³-hybridized carbons (Fsp3) is 0.476. The molecular weight excluding hydrogens is 354 g/mol. The zero-order valence-corrected chi connectivity index (χ0v) is 16.9. The largest absolute Gasteiger partial charge is 0.339 e. The minimum Gasteiger partial charge on any atom is -0.339 e. The molecule has 0 saturated carbocycles. The molecule has 7 nitrogen and oxygen atoms in total. The summed E-state index contributed by atoms with van der Waals surface area (Å²) in [7, 11) is 2.02. The van der Waals surface area contributed by atoms with Crippen LogP contribution in [0.4, 0.5) is 5.95 Å². The molecule has 2 aromatic rings. The highest BCUT2D eigenvalue weighted by Gasteiger charge is 2.24. The molecule has 0 spiro atoms. The molecular formula is C21H29N5O2. The molecule has 0 unspecified atom stereocenters. The number of benzene rings is 1. The van der Waals surface area contributed by atoms with E-state index >= 15 is 0 Å². The molecule has 2 heterocycles. The number of carbonyl (C=O) groups excluding carboxylic acids is 1. The molecule has 0 bridgehead atoms. The third-order valence-corrected chi connectivity index (χ3v) is 4.89. The van der Waals surface area contributed by atoms with E-state index in [1.54, 1.807) is 6.07 Å². The van der Waals surface area contributed by atoms with Crippen molar-refractivity contribution in [3.8, 4) is 0 Å². The van der Waals surface area contributed by atoms with Crippen molar-refractivity contribution in [2.75, 3.05) is 38.1 Å². The topological polar surface area (TPSA) is 72.5 Å². The summed E-state index contributed by atoms with van der Waals surface area (Å²) in [6.45, 7) is 7.87. The smallest absolute Gasteiger partial charge is 0.252 e. The second-order valence-corrected chi connectivity index (χ2v) is 7.69. The van der Waals surface area contributed by atoms with E-state index in [9.17, 15) is 9.59 Å². The van der Waals surface area contributed by atoms with Crippen LogP contribution in [0.25, 0.3) is 0 Å². The molecule has 0 atom stereocenters. The van der Waals surface area contributed by atoms with Crippen molar-refractivity contribution in [3.05, 3.63) is 58.0 Å². The Morgan fingerprint density at radius 2 is 1.82 bits per heavy atom. The summed E-state index contributed by atoms with van der Waals surface area (Å²) in [5.74, 6) is 0.776. The molecule has 0 aliphatic carbocycles. The zero-order valence-electron chi connectivity index (χ0n) is 16.9. The first kappa shape index (κ1) is 20.1. The monoisotopic (exact) mass is 383 g/mol. The van der Waals surface area contributed by atoms with Crippen LogP contribution in [0.5, 0.6) is 0 Å². The van der Waals surface area contributed by atoms with Gasteiger partial charge in [0.2, 0.25) is 11.9 Å². The van der Waals surface area contributed by atoms with Crippen molar-refractivity contribution < 1.29 is 4.79 Å². The second kappa shape index (κ2) is 9.01. The van der Waals surface area contributed by atoms with Crippen LogP contribution < -0.4 is 10.5 Å². The van der Waals surface area contributed by atoms with Gasteiger partial charge >= 0.3 is 0 Å². The third-order valence-electron chi connectivity index (χ3n) is 4.89. The Balaban J connectivity index is 1.63.